The van der Waals surface area contributed by atoms with Crippen molar-refractivity contribution in [2.45, 2.75) is 39.5 Å². The largest absolute Gasteiger partial charge is 0.345 e. The van der Waals surface area contributed by atoms with Gasteiger partial charge in [0.1, 0.15) is 0 Å². The van der Waals surface area contributed by atoms with Gasteiger partial charge in [-0.25, -0.2) is 0 Å². The Morgan fingerprint density at radius 3 is 2.75 bits per heavy atom. The minimum atomic E-state index is -0.109. The summed E-state index contributed by atoms with van der Waals surface area (Å²) in [6.07, 6.45) is 9.08. The van der Waals surface area contributed by atoms with Gasteiger partial charge in [0.25, 0.3) is 0 Å². The van der Waals surface area contributed by atoms with Gasteiger partial charge < -0.3 is 4.90 Å². The topological polar surface area (TPSA) is 20.3 Å². The molecular weight excluding hydrogens is 198 g/mol. The van der Waals surface area contributed by atoms with Crippen LogP contribution in [0.1, 0.15) is 39.5 Å². The first kappa shape index (κ1) is 11.7. The average Bonchev–Trinajstić information content (AvgIpc) is 2.84. The predicted octanol–water partition coefficient (Wildman–Crippen LogP) is 2.85. The Balaban J connectivity index is 2.01. The summed E-state index contributed by atoms with van der Waals surface area (Å²) in [5, 5.41) is 0. The summed E-state index contributed by atoms with van der Waals surface area (Å²) in [4.78, 5) is 14.4. The van der Waals surface area contributed by atoms with Gasteiger partial charge in [-0.2, -0.15) is 0 Å². The number of carbonyl (C=O) groups excluding carboxylic acids is 1. The van der Waals surface area contributed by atoms with Crippen molar-refractivity contribution in [3.05, 3.63) is 12.2 Å². The molecule has 0 N–H and O–H groups in total. The van der Waals surface area contributed by atoms with Crippen LogP contribution in [-0.4, -0.2) is 24.4 Å². The van der Waals surface area contributed by atoms with E-state index in [1.807, 2.05) is 11.9 Å². The highest BCUT2D eigenvalue weighted by atomic mass is 16.2. The molecule has 1 saturated carbocycles. The summed E-state index contributed by atoms with van der Waals surface area (Å²) < 4.78 is 0. The van der Waals surface area contributed by atoms with Crippen molar-refractivity contribution in [2.75, 3.05) is 13.6 Å². The summed E-state index contributed by atoms with van der Waals surface area (Å²) in [6.45, 7) is 5.23. The van der Waals surface area contributed by atoms with Gasteiger partial charge in [-0.1, -0.05) is 32.4 Å². The Labute approximate surface area is 98.7 Å². The normalized spacial score (nSPS) is 35.7. The van der Waals surface area contributed by atoms with Crippen molar-refractivity contribution in [2.24, 2.45) is 17.3 Å². The Morgan fingerprint density at radius 2 is 2.25 bits per heavy atom. The molecular formula is C14H23NO. The van der Waals surface area contributed by atoms with Crippen LogP contribution in [0.3, 0.4) is 0 Å². The molecule has 0 aromatic carbocycles. The fourth-order valence-electron chi connectivity index (χ4n) is 3.27. The monoisotopic (exact) mass is 221 g/mol. The van der Waals surface area contributed by atoms with Crippen molar-refractivity contribution in [3.8, 4) is 0 Å². The minimum absolute atomic E-state index is 0.109. The molecule has 2 aliphatic carbocycles. The Morgan fingerprint density at radius 1 is 1.50 bits per heavy atom. The lowest BCUT2D eigenvalue weighted by Gasteiger charge is -2.34. The van der Waals surface area contributed by atoms with Gasteiger partial charge in [-0.05, 0) is 31.1 Å². The van der Waals surface area contributed by atoms with Crippen molar-refractivity contribution in [1.82, 2.24) is 4.90 Å². The molecule has 0 aliphatic heterocycles. The van der Waals surface area contributed by atoms with Crippen LogP contribution >= 0.6 is 0 Å². The van der Waals surface area contributed by atoms with Crippen molar-refractivity contribution in [3.63, 3.8) is 0 Å². The summed E-state index contributed by atoms with van der Waals surface area (Å²) >= 11 is 0. The van der Waals surface area contributed by atoms with E-state index in [0.29, 0.717) is 17.7 Å². The fourth-order valence-corrected chi connectivity index (χ4v) is 3.27. The van der Waals surface area contributed by atoms with E-state index in [-0.39, 0.29) is 5.41 Å². The molecule has 3 unspecified atom stereocenters. The molecule has 2 rings (SSSR count). The lowest BCUT2D eigenvalue weighted by Crippen LogP contribution is -2.43. The SMILES string of the molecule is CCCCN(C)C(=O)C1(C)CC2C=CC1C2. The van der Waals surface area contributed by atoms with E-state index in [9.17, 15) is 4.79 Å². The number of unbranched alkanes of at least 4 members (excludes halogenated alkanes) is 1. The maximum Gasteiger partial charge on any atom is 0.228 e. The molecule has 2 aliphatic rings. The molecule has 90 valence electrons. The summed E-state index contributed by atoms with van der Waals surface area (Å²) in [5.74, 6) is 1.52. The van der Waals surface area contributed by atoms with Crippen LogP contribution in [-0.2, 0) is 4.79 Å². The second-order valence-electron chi connectivity index (χ2n) is 5.69. The number of allylic oxidation sites excluding steroid dienone is 2. The van der Waals surface area contributed by atoms with E-state index in [2.05, 4.69) is 26.0 Å². The van der Waals surface area contributed by atoms with E-state index in [1.54, 1.807) is 0 Å². The van der Waals surface area contributed by atoms with Crippen LogP contribution in [0.15, 0.2) is 12.2 Å². The molecule has 16 heavy (non-hydrogen) atoms. The maximum absolute atomic E-state index is 12.5. The molecule has 0 aromatic rings. The molecule has 2 nitrogen and oxygen atoms in total. The number of carbonyl (C=O) groups is 1. The number of hydrogen-bond donors (Lipinski definition) is 0. The average molecular weight is 221 g/mol. The standard InChI is InChI=1S/C14H23NO/c1-4-5-8-15(3)13(16)14(2)10-11-6-7-12(14)9-11/h6-7,11-12H,4-5,8-10H2,1-3H3. The molecule has 2 heteroatoms. The number of nitrogens with zero attached hydrogens (tertiary/aromatic N) is 1. The van der Waals surface area contributed by atoms with Gasteiger partial charge in [0.2, 0.25) is 5.91 Å². The Hall–Kier alpha value is -0.790. The highest BCUT2D eigenvalue weighted by Gasteiger charge is 2.50. The van der Waals surface area contributed by atoms with Gasteiger partial charge in [0, 0.05) is 13.6 Å². The van der Waals surface area contributed by atoms with E-state index in [4.69, 9.17) is 0 Å². The van der Waals surface area contributed by atoms with Crippen LogP contribution in [0.2, 0.25) is 0 Å². The second-order valence-corrected chi connectivity index (χ2v) is 5.69. The van der Waals surface area contributed by atoms with Crippen LogP contribution in [0.5, 0.6) is 0 Å². The minimum Gasteiger partial charge on any atom is -0.345 e. The third-order valence-electron chi connectivity index (χ3n) is 4.36. The van der Waals surface area contributed by atoms with Gasteiger partial charge in [-0.15, -0.1) is 0 Å². The third kappa shape index (κ3) is 1.79. The Kier molecular flexibility index (Phi) is 3.09. The maximum atomic E-state index is 12.5. The number of fused-ring (bicyclic) bond motifs is 2. The first-order chi connectivity index (χ1) is 7.58. The number of rotatable bonds is 4. The molecule has 0 saturated heterocycles. The van der Waals surface area contributed by atoms with Gasteiger partial charge in [-0.3, -0.25) is 4.79 Å². The van der Waals surface area contributed by atoms with Crippen LogP contribution < -0.4 is 0 Å². The second kappa shape index (κ2) is 4.23. The Bertz CT molecular complexity index is 310. The zero-order valence-electron chi connectivity index (χ0n) is 10.7. The first-order valence-corrected chi connectivity index (χ1v) is 6.52. The lowest BCUT2D eigenvalue weighted by molar-refractivity contribution is -0.141. The quantitative estimate of drug-likeness (QED) is 0.668. The summed E-state index contributed by atoms with van der Waals surface area (Å²) in [6, 6.07) is 0. The van der Waals surface area contributed by atoms with Crippen LogP contribution in [0.4, 0.5) is 0 Å². The van der Waals surface area contributed by atoms with Gasteiger partial charge in [0.05, 0.1) is 5.41 Å². The number of hydrogen-bond acceptors (Lipinski definition) is 1. The predicted molar refractivity (Wildman–Crippen MR) is 66.0 cm³/mol. The smallest absolute Gasteiger partial charge is 0.228 e. The van der Waals surface area contributed by atoms with E-state index >= 15 is 0 Å². The first-order valence-electron chi connectivity index (χ1n) is 6.52. The summed E-state index contributed by atoms with van der Waals surface area (Å²) in [7, 11) is 1.96. The van der Waals surface area contributed by atoms with Crippen molar-refractivity contribution >= 4 is 5.91 Å². The zero-order chi connectivity index (χ0) is 11.8. The summed E-state index contributed by atoms with van der Waals surface area (Å²) in [5.41, 5.74) is -0.109. The van der Waals surface area contributed by atoms with E-state index < -0.39 is 0 Å². The molecule has 2 bridgehead atoms. The fraction of sp³-hybridized carbons (Fsp3) is 0.786. The van der Waals surface area contributed by atoms with E-state index in [1.165, 1.54) is 6.42 Å². The molecule has 1 amide bonds. The van der Waals surface area contributed by atoms with Gasteiger partial charge in [0.15, 0.2) is 0 Å². The molecule has 1 fully saturated rings. The highest BCUT2D eigenvalue weighted by Crippen LogP contribution is 2.52. The van der Waals surface area contributed by atoms with Crippen LogP contribution in [0, 0.1) is 17.3 Å². The molecule has 0 radical (unpaired) electrons. The van der Waals surface area contributed by atoms with Gasteiger partial charge >= 0.3 is 0 Å². The molecule has 0 aromatic heterocycles. The van der Waals surface area contributed by atoms with E-state index in [0.717, 1.165) is 25.8 Å². The number of amides is 1. The molecule has 0 spiro atoms. The zero-order valence-corrected chi connectivity index (χ0v) is 10.7. The lowest BCUT2D eigenvalue weighted by atomic mass is 9.76. The van der Waals surface area contributed by atoms with Crippen molar-refractivity contribution < 1.29 is 4.79 Å². The van der Waals surface area contributed by atoms with Crippen LogP contribution in [0.25, 0.3) is 0 Å². The molecule has 3 atom stereocenters. The highest BCUT2D eigenvalue weighted by molar-refractivity contribution is 5.83. The third-order valence-corrected chi connectivity index (χ3v) is 4.36. The molecule has 0 heterocycles. The van der Waals surface area contributed by atoms with Crippen molar-refractivity contribution in [1.29, 1.82) is 0 Å².